The molecule has 0 saturated heterocycles. The molecule has 4 nitrogen and oxygen atoms in total. The van der Waals surface area contributed by atoms with E-state index in [0.717, 1.165) is 10.4 Å². The molecule has 0 atom stereocenters. The number of allylic oxidation sites excluding steroid dienone is 2. The second kappa shape index (κ2) is 3.21. The standard InChI is InChI=1S/C8H12N4/c1-4-6(2)5-8-7(3)12(9)11-10-8/h4-5H,3,9H2,1-2H3/b6-4-,8-5+. The van der Waals surface area contributed by atoms with Crippen molar-refractivity contribution >= 4 is 12.7 Å². The second-order valence-electron chi connectivity index (χ2n) is 2.54. The first-order valence-corrected chi connectivity index (χ1v) is 3.65. The van der Waals surface area contributed by atoms with Crippen molar-refractivity contribution < 1.29 is 0 Å². The second-order valence-corrected chi connectivity index (χ2v) is 2.54. The number of hydrogen-bond acceptors (Lipinski definition) is 3. The number of nitrogens with two attached hydrogens (primary N) is 1. The van der Waals surface area contributed by atoms with Gasteiger partial charge in [0.2, 0.25) is 0 Å². The summed E-state index contributed by atoms with van der Waals surface area (Å²) in [5, 5.41) is 8.80. The molecule has 1 aromatic heterocycles. The molecule has 0 radical (unpaired) electrons. The van der Waals surface area contributed by atoms with Crippen LogP contribution in [-0.4, -0.2) is 15.1 Å². The lowest BCUT2D eigenvalue weighted by Crippen LogP contribution is -2.33. The number of nitrogen functional groups attached to an aromatic ring is 1. The predicted octanol–water partition coefficient (Wildman–Crippen LogP) is -0.851. The van der Waals surface area contributed by atoms with Crippen LogP contribution in [0, 0.1) is 0 Å². The predicted molar refractivity (Wildman–Crippen MR) is 48.8 cm³/mol. The highest BCUT2D eigenvalue weighted by Crippen LogP contribution is 1.89. The van der Waals surface area contributed by atoms with Crippen LogP contribution in [0.25, 0.3) is 12.7 Å². The Balaban J connectivity index is 3.29. The van der Waals surface area contributed by atoms with Crippen molar-refractivity contribution in [1.82, 2.24) is 15.1 Å². The third-order valence-electron chi connectivity index (χ3n) is 1.64. The average Bonchev–Trinajstić information content (AvgIpc) is 2.36. The molecule has 0 saturated carbocycles. The van der Waals surface area contributed by atoms with Crippen molar-refractivity contribution in [3.8, 4) is 0 Å². The van der Waals surface area contributed by atoms with Crippen molar-refractivity contribution in [3.05, 3.63) is 22.3 Å². The number of rotatable bonds is 1. The van der Waals surface area contributed by atoms with Gasteiger partial charge in [0.05, 0.1) is 0 Å². The Bertz CT molecular complexity index is 399. The van der Waals surface area contributed by atoms with Crippen molar-refractivity contribution in [2.45, 2.75) is 13.8 Å². The first-order chi connectivity index (χ1) is 5.65. The van der Waals surface area contributed by atoms with Crippen LogP contribution < -0.4 is 16.5 Å². The topological polar surface area (TPSA) is 56.7 Å². The zero-order chi connectivity index (χ0) is 9.14. The van der Waals surface area contributed by atoms with Gasteiger partial charge in [0, 0.05) is 0 Å². The zero-order valence-electron chi connectivity index (χ0n) is 7.28. The maximum absolute atomic E-state index is 5.40. The summed E-state index contributed by atoms with van der Waals surface area (Å²) in [7, 11) is 0. The molecule has 0 spiro atoms. The molecule has 1 aromatic rings. The molecule has 0 aliphatic carbocycles. The van der Waals surface area contributed by atoms with Gasteiger partial charge >= 0.3 is 0 Å². The molecule has 0 unspecified atom stereocenters. The van der Waals surface area contributed by atoms with Crippen LogP contribution in [0.1, 0.15) is 13.8 Å². The van der Waals surface area contributed by atoms with Gasteiger partial charge in [0.15, 0.2) is 0 Å². The molecule has 1 rings (SSSR count). The largest absolute Gasteiger partial charge is 0.321 e. The summed E-state index contributed by atoms with van der Waals surface area (Å²) in [4.78, 5) is 1.16. The van der Waals surface area contributed by atoms with E-state index in [1.165, 1.54) is 0 Å². The molecule has 0 aromatic carbocycles. The van der Waals surface area contributed by atoms with Crippen molar-refractivity contribution in [2.75, 3.05) is 5.84 Å². The van der Waals surface area contributed by atoms with Crippen LogP contribution in [-0.2, 0) is 0 Å². The maximum Gasteiger partial charge on any atom is 0.115 e. The van der Waals surface area contributed by atoms with Gasteiger partial charge in [-0.2, -0.15) is 4.79 Å². The highest BCUT2D eigenvalue weighted by atomic mass is 15.6. The minimum absolute atomic E-state index is 0.621. The summed E-state index contributed by atoms with van der Waals surface area (Å²) < 4.78 is 0. The van der Waals surface area contributed by atoms with Crippen LogP contribution >= 0.6 is 0 Å². The molecule has 2 N–H and O–H groups in total. The summed E-state index contributed by atoms with van der Waals surface area (Å²) in [6.07, 6.45) is 3.87. The van der Waals surface area contributed by atoms with Crippen molar-refractivity contribution in [2.24, 2.45) is 0 Å². The minimum atomic E-state index is 0.621. The first kappa shape index (κ1) is 8.52. The first-order valence-electron chi connectivity index (χ1n) is 3.65. The van der Waals surface area contributed by atoms with Gasteiger partial charge in [-0.15, -0.1) is 5.10 Å². The third kappa shape index (κ3) is 1.53. The molecule has 0 aliphatic heterocycles. The summed E-state index contributed by atoms with van der Waals surface area (Å²) in [6.45, 7) is 7.66. The zero-order valence-corrected chi connectivity index (χ0v) is 7.28. The van der Waals surface area contributed by atoms with Crippen LogP contribution in [0.4, 0.5) is 0 Å². The lowest BCUT2D eigenvalue weighted by Gasteiger charge is -1.84. The quantitative estimate of drug-likeness (QED) is 0.550. The van der Waals surface area contributed by atoms with Gasteiger partial charge in [0.1, 0.15) is 10.7 Å². The molecule has 64 valence electrons. The molecule has 1 heterocycles. The number of hydrogen-bond donors (Lipinski definition) is 1. The Morgan fingerprint density at radius 2 is 2.33 bits per heavy atom. The molecule has 4 heteroatoms. The van der Waals surface area contributed by atoms with E-state index in [4.69, 9.17) is 5.84 Å². The van der Waals surface area contributed by atoms with Gasteiger partial charge in [0.25, 0.3) is 0 Å². The number of nitrogens with zero attached hydrogens (tertiary/aromatic N) is 3. The lowest BCUT2D eigenvalue weighted by atomic mass is 10.3. The van der Waals surface area contributed by atoms with Gasteiger partial charge in [-0.05, 0) is 25.1 Å². The average molecular weight is 164 g/mol. The SMILES string of the molecule is C=c1/c(=C\C(C)=C/C)nnn1N. The van der Waals surface area contributed by atoms with E-state index < -0.39 is 0 Å². The molecule has 0 aliphatic rings. The van der Waals surface area contributed by atoms with Crippen LogP contribution in [0.5, 0.6) is 0 Å². The Hall–Kier alpha value is -1.58. The van der Waals surface area contributed by atoms with Gasteiger partial charge in [-0.25, -0.2) is 0 Å². The fourth-order valence-corrected chi connectivity index (χ4v) is 0.737. The minimum Gasteiger partial charge on any atom is -0.321 e. The van der Waals surface area contributed by atoms with E-state index in [0.29, 0.717) is 10.7 Å². The normalized spacial score (nSPS) is 13.8. The van der Waals surface area contributed by atoms with Crippen LogP contribution in [0.15, 0.2) is 11.6 Å². The Morgan fingerprint density at radius 3 is 2.75 bits per heavy atom. The highest BCUT2D eigenvalue weighted by molar-refractivity contribution is 5.42. The van der Waals surface area contributed by atoms with Crippen LogP contribution in [0.2, 0.25) is 0 Å². The van der Waals surface area contributed by atoms with Gasteiger partial charge in [-0.1, -0.05) is 18.2 Å². The summed E-state index contributed by atoms with van der Waals surface area (Å²) in [5.41, 5.74) is 1.11. The van der Waals surface area contributed by atoms with E-state index in [1.54, 1.807) is 0 Å². The van der Waals surface area contributed by atoms with E-state index in [2.05, 4.69) is 16.9 Å². The molecular weight excluding hydrogens is 152 g/mol. The molecule has 0 bridgehead atoms. The maximum atomic E-state index is 5.40. The van der Waals surface area contributed by atoms with E-state index in [9.17, 15) is 0 Å². The van der Waals surface area contributed by atoms with Crippen molar-refractivity contribution in [1.29, 1.82) is 0 Å². The molecular formula is C8H12N4. The molecule has 12 heavy (non-hydrogen) atoms. The Labute approximate surface area is 70.7 Å². The third-order valence-corrected chi connectivity index (χ3v) is 1.64. The van der Waals surface area contributed by atoms with E-state index >= 15 is 0 Å². The van der Waals surface area contributed by atoms with Crippen molar-refractivity contribution in [3.63, 3.8) is 0 Å². The fourth-order valence-electron chi connectivity index (χ4n) is 0.737. The number of aromatic nitrogens is 3. The highest BCUT2D eigenvalue weighted by Gasteiger charge is 1.91. The van der Waals surface area contributed by atoms with E-state index in [1.807, 2.05) is 26.0 Å². The summed E-state index contributed by atoms with van der Waals surface area (Å²) in [5.74, 6) is 5.40. The monoisotopic (exact) mass is 164 g/mol. The molecule has 0 amide bonds. The van der Waals surface area contributed by atoms with Crippen LogP contribution in [0.3, 0.4) is 0 Å². The Kier molecular flexibility index (Phi) is 2.28. The van der Waals surface area contributed by atoms with Gasteiger partial charge in [-0.3, -0.25) is 0 Å². The smallest absolute Gasteiger partial charge is 0.115 e. The summed E-state index contributed by atoms with van der Waals surface area (Å²) in [6, 6.07) is 0. The van der Waals surface area contributed by atoms with Gasteiger partial charge < -0.3 is 5.84 Å². The fraction of sp³-hybridized carbons (Fsp3) is 0.250. The van der Waals surface area contributed by atoms with E-state index in [-0.39, 0.29) is 0 Å². The summed E-state index contributed by atoms with van der Waals surface area (Å²) >= 11 is 0. The molecule has 0 fully saturated rings. The Morgan fingerprint density at radius 1 is 1.67 bits per heavy atom. The lowest BCUT2D eigenvalue weighted by molar-refractivity contribution is 0.749.